The van der Waals surface area contributed by atoms with Crippen molar-refractivity contribution in [3.63, 3.8) is 0 Å². The van der Waals surface area contributed by atoms with E-state index < -0.39 is 0 Å². The summed E-state index contributed by atoms with van der Waals surface area (Å²) in [6.45, 7) is 6.22. The number of hydrogen-bond acceptors (Lipinski definition) is 2. The SMILES string of the molecule is CC(C)c1cc(O)c(C2CCNCC2)cc1Cl. The minimum Gasteiger partial charge on any atom is -0.508 e. The van der Waals surface area contributed by atoms with Crippen molar-refractivity contribution in [2.24, 2.45) is 0 Å². The van der Waals surface area contributed by atoms with Crippen LogP contribution >= 0.6 is 11.6 Å². The zero-order chi connectivity index (χ0) is 12.4. The lowest BCUT2D eigenvalue weighted by atomic mass is 9.88. The average molecular weight is 254 g/mol. The van der Waals surface area contributed by atoms with E-state index in [1.54, 1.807) is 0 Å². The second-order valence-electron chi connectivity index (χ2n) is 5.11. The number of rotatable bonds is 2. The van der Waals surface area contributed by atoms with E-state index in [4.69, 9.17) is 11.6 Å². The van der Waals surface area contributed by atoms with E-state index in [-0.39, 0.29) is 0 Å². The van der Waals surface area contributed by atoms with Gasteiger partial charge >= 0.3 is 0 Å². The zero-order valence-electron chi connectivity index (χ0n) is 10.5. The minimum atomic E-state index is 0.343. The van der Waals surface area contributed by atoms with Gasteiger partial charge in [0.2, 0.25) is 0 Å². The van der Waals surface area contributed by atoms with Crippen LogP contribution < -0.4 is 5.32 Å². The summed E-state index contributed by atoms with van der Waals surface area (Å²) in [6.07, 6.45) is 2.15. The molecule has 0 aromatic heterocycles. The topological polar surface area (TPSA) is 32.3 Å². The summed E-state index contributed by atoms with van der Waals surface area (Å²) in [7, 11) is 0. The van der Waals surface area contributed by atoms with E-state index in [0.29, 0.717) is 17.6 Å². The van der Waals surface area contributed by atoms with Crippen LogP contribution in [0.5, 0.6) is 5.75 Å². The summed E-state index contributed by atoms with van der Waals surface area (Å²) in [4.78, 5) is 0. The zero-order valence-corrected chi connectivity index (χ0v) is 11.2. The number of piperidine rings is 1. The summed E-state index contributed by atoms with van der Waals surface area (Å²) >= 11 is 6.29. The molecule has 0 radical (unpaired) electrons. The molecule has 94 valence electrons. The number of phenolic OH excluding ortho intramolecular Hbond substituents is 1. The molecule has 0 amide bonds. The van der Waals surface area contributed by atoms with E-state index >= 15 is 0 Å². The molecule has 0 spiro atoms. The predicted octanol–water partition coefficient (Wildman–Crippen LogP) is 3.64. The molecule has 1 fully saturated rings. The lowest BCUT2D eigenvalue weighted by Gasteiger charge is -2.24. The summed E-state index contributed by atoms with van der Waals surface area (Å²) in [6, 6.07) is 3.80. The number of benzene rings is 1. The van der Waals surface area contributed by atoms with Crippen LogP contribution in [0.2, 0.25) is 5.02 Å². The molecule has 3 heteroatoms. The molecule has 1 aliphatic heterocycles. The fraction of sp³-hybridized carbons (Fsp3) is 0.571. The Morgan fingerprint density at radius 1 is 1.29 bits per heavy atom. The molecule has 1 aliphatic rings. The largest absolute Gasteiger partial charge is 0.508 e. The van der Waals surface area contributed by atoms with Gasteiger partial charge < -0.3 is 10.4 Å². The number of aromatic hydroxyl groups is 1. The van der Waals surface area contributed by atoms with Crippen molar-refractivity contribution in [1.29, 1.82) is 0 Å². The molecule has 1 heterocycles. The molecular weight excluding hydrogens is 234 g/mol. The number of nitrogens with one attached hydrogen (secondary N) is 1. The summed E-state index contributed by atoms with van der Waals surface area (Å²) < 4.78 is 0. The highest BCUT2D eigenvalue weighted by molar-refractivity contribution is 6.31. The van der Waals surface area contributed by atoms with E-state index in [2.05, 4.69) is 19.2 Å². The molecule has 2 rings (SSSR count). The molecular formula is C14H20ClNO. The molecule has 2 nitrogen and oxygen atoms in total. The molecule has 0 bridgehead atoms. The molecule has 1 saturated heterocycles. The van der Waals surface area contributed by atoms with Crippen molar-refractivity contribution < 1.29 is 5.11 Å². The number of hydrogen-bond donors (Lipinski definition) is 2. The first-order valence-corrected chi connectivity index (χ1v) is 6.70. The highest BCUT2D eigenvalue weighted by atomic mass is 35.5. The molecule has 17 heavy (non-hydrogen) atoms. The maximum atomic E-state index is 10.1. The van der Waals surface area contributed by atoms with Gasteiger partial charge in [-0.25, -0.2) is 0 Å². The van der Waals surface area contributed by atoms with Gasteiger partial charge in [0.05, 0.1) is 0 Å². The van der Waals surface area contributed by atoms with Gasteiger partial charge in [0.25, 0.3) is 0 Å². The predicted molar refractivity (Wildman–Crippen MR) is 72.1 cm³/mol. The van der Waals surface area contributed by atoms with Gasteiger partial charge in [-0.3, -0.25) is 0 Å². The second kappa shape index (κ2) is 5.28. The molecule has 0 unspecified atom stereocenters. The number of halogens is 1. The van der Waals surface area contributed by atoms with Crippen LogP contribution in [0.25, 0.3) is 0 Å². The van der Waals surface area contributed by atoms with Gasteiger partial charge in [0.15, 0.2) is 0 Å². The molecule has 0 atom stereocenters. The quantitative estimate of drug-likeness (QED) is 0.844. The lowest BCUT2D eigenvalue weighted by Crippen LogP contribution is -2.26. The third-order valence-corrected chi connectivity index (χ3v) is 3.87. The Bertz CT molecular complexity index is 397. The van der Waals surface area contributed by atoms with E-state index in [9.17, 15) is 5.11 Å². The van der Waals surface area contributed by atoms with Crippen molar-refractivity contribution >= 4 is 11.6 Å². The Balaban J connectivity index is 2.32. The third-order valence-electron chi connectivity index (χ3n) is 3.55. The molecule has 0 aliphatic carbocycles. The summed E-state index contributed by atoms with van der Waals surface area (Å²) in [5.74, 6) is 1.19. The van der Waals surface area contributed by atoms with Crippen LogP contribution in [0.3, 0.4) is 0 Å². The Morgan fingerprint density at radius 2 is 1.94 bits per heavy atom. The second-order valence-corrected chi connectivity index (χ2v) is 5.52. The Morgan fingerprint density at radius 3 is 2.53 bits per heavy atom. The van der Waals surface area contributed by atoms with Crippen LogP contribution in [0.15, 0.2) is 12.1 Å². The van der Waals surface area contributed by atoms with Crippen LogP contribution in [0.4, 0.5) is 0 Å². The van der Waals surface area contributed by atoms with Crippen LogP contribution in [-0.2, 0) is 0 Å². The van der Waals surface area contributed by atoms with Crippen LogP contribution in [-0.4, -0.2) is 18.2 Å². The fourth-order valence-corrected chi connectivity index (χ4v) is 2.89. The first-order chi connectivity index (χ1) is 8.09. The molecule has 0 saturated carbocycles. The third kappa shape index (κ3) is 2.75. The van der Waals surface area contributed by atoms with Crippen LogP contribution in [0.1, 0.15) is 49.7 Å². The van der Waals surface area contributed by atoms with Crippen molar-refractivity contribution in [1.82, 2.24) is 5.32 Å². The van der Waals surface area contributed by atoms with Crippen molar-refractivity contribution in [3.8, 4) is 5.75 Å². The number of phenols is 1. The first-order valence-electron chi connectivity index (χ1n) is 6.32. The Hall–Kier alpha value is -0.730. The van der Waals surface area contributed by atoms with Crippen LogP contribution in [0, 0.1) is 0 Å². The smallest absolute Gasteiger partial charge is 0.119 e. The molecule has 2 N–H and O–H groups in total. The van der Waals surface area contributed by atoms with Gasteiger partial charge in [-0.05, 0) is 61.0 Å². The molecule has 1 aromatic rings. The lowest BCUT2D eigenvalue weighted by molar-refractivity contribution is 0.424. The Kier molecular flexibility index (Phi) is 3.95. The fourth-order valence-electron chi connectivity index (χ4n) is 2.50. The van der Waals surface area contributed by atoms with Crippen molar-refractivity contribution in [3.05, 3.63) is 28.3 Å². The van der Waals surface area contributed by atoms with Gasteiger partial charge in [-0.2, -0.15) is 0 Å². The molecule has 1 aromatic carbocycles. The maximum Gasteiger partial charge on any atom is 0.119 e. The highest BCUT2D eigenvalue weighted by Crippen LogP contribution is 2.37. The average Bonchev–Trinajstić information content (AvgIpc) is 2.32. The highest BCUT2D eigenvalue weighted by Gasteiger charge is 2.20. The van der Waals surface area contributed by atoms with Crippen molar-refractivity contribution in [2.75, 3.05) is 13.1 Å². The van der Waals surface area contributed by atoms with Gasteiger partial charge in [0.1, 0.15) is 5.75 Å². The Labute approximate surface area is 108 Å². The normalized spacial score (nSPS) is 17.6. The van der Waals surface area contributed by atoms with Crippen molar-refractivity contribution in [2.45, 2.75) is 38.5 Å². The van der Waals surface area contributed by atoms with E-state index in [0.717, 1.165) is 42.1 Å². The summed E-state index contributed by atoms with van der Waals surface area (Å²) in [5, 5.41) is 14.3. The summed E-state index contributed by atoms with van der Waals surface area (Å²) in [5.41, 5.74) is 2.04. The first kappa shape index (κ1) is 12.7. The standard InChI is InChI=1S/C14H20ClNO/c1-9(2)11-8-14(17)12(7-13(11)15)10-3-5-16-6-4-10/h7-10,16-17H,3-6H2,1-2H3. The minimum absolute atomic E-state index is 0.343. The maximum absolute atomic E-state index is 10.1. The van der Waals surface area contributed by atoms with Gasteiger partial charge in [-0.1, -0.05) is 25.4 Å². The van der Waals surface area contributed by atoms with E-state index in [1.807, 2.05) is 12.1 Å². The van der Waals surface area contributed by atoms with E-state index in [1.165, 1.54) is 0 Å². The monoisotopic (exact) mass is 253 g/mol. The van der Waals surface area contributed by atoms with Gasteiger partial charge in [0, 0.05) is 5.02 Å². The van der Waals surface area contributed by atoms with Gasteiger partial charge in [-0.15, -0.1) is 0 Å².